The summed E-state index contributed by atoms with van der Waals surface area (Å²) < 4.78 is 5.60. The fraction of sp³-hybridized carbons (Fsp3) is 0.556. The summed E-state index contributed by atoms with van der Waals surface area (Å²) >= 11 is 0. The Kier molecular flexibility index (Phi) is 8.16. The van der Waals surface area contributed by atoms with E-state index in [2.05, 4.69) is 46.3 Å². The van der Waals surface area contributed by atoms with Crippen molar-refractivity contribution in [2.45, 2.75) is 52.1 Å². The van der Waals surface area contributed by atoms with Gasteiger partial charge in [-0.05, 0) is 63.5 Å². The molecule has 2 amide bonds. The monoisotopic (exact) mass is 509 g/mol. The standard InChI is InChI=1S/C27H39N7O3/c1-7-21-26(36)33(5)22-15-28-27(31-24(22)34(21)16-17(2)3)30-20-9-8-18(14-23(20)37-6)25(35)29-19-10-12-32(4)13-11-19/h8-9,14-15,17,19,21H,7,10-13,16H2,1-6H3,(H,29,35)(H,28,30,31)/t21-/m1/s1. The first-order valence-corrected chi connectivity index (χ1v) is 13.1. The van der Waals surface area contributed by atoms with Crippen LogP contribution < -0.4 is 25.2 Å². The molecule has 0 saturated carbocycles. The summed E-state index contributed by atoms with van der Waals surface area (Å²) in [5, 5.41) is 6.39. The normalized spacial score (nSPS) is 18.7. The van der Waals surface area contributed by atoms with Gasteiger partial charge in [0.15, 0.2) is 5.82 Å². The number of hydrogen-bond acceptors (Lipinski definition) is 8. The molecule has 1 fully saturated rings. The van der Waals surface area contributed by atoms with Crippen LogP contribution in [0.1, 0.15) is 50.4 Å². The van der Waals surface area contributed by atoms with Crippen molar-refractivity contribution in [1.29, 1.82) is 0 Å². The number of benzene rings is 1. The van der Waals surface area contributed by atoms with Gasteiger partial charge < -0.3 is 30.1 Å². The quantitative estimate of drug-likeness (QED) is 0.559. The summed E-state index contributed by atoms with van der Waals surface area (Å²) in [5.74, 6) is 1.95. The number of amides is 2. The number of methoxy groups -OCH3 is 1. The average molecular weight is 510 g/mol. The summed E-state index contributed by atoms with van der Waals surface area (Å²) in [7, 11) is 5.44. The number of carbonyl (C=O) groups excluding carboxylic acids is 2. The van der Waals surface area contributed by atoms with Crippen molar-refractivity contribution >= 4 is 35.0 Å². The molecule has 1 saturated heterocycles. The molecule has 0 radical (unpaired) electrons. The van der Waals surface area contributed by atoms with Crippen LogP contribution in [0.25, 0.3) is 0 Å². The molecule has 3 heterocycles. The number of hydrogen-bond donors (Lipinski definition) is 2. The Hall–Kier alpha value is -3.40. The van der Waals surface area contributed by atoms with Crippen molar-refractivity contribution in [2.24, 2.45) is 5.92 Å². The molecular weight excluding hydrogens is 470 g/mol. The van der Waals surface area contributed by atoms with Crippen LogP contribution in [0.4, 0.5) is 23.1 Å². The first-order valence-electron chi connectivity index (χ1n) is 13.1. The molecule has 10 nitrogen and oxygen atoms in total. The predicted octanol–water partition coefficient (Wildman–Crippen LogP) is 3.27. The number of nitrogens with one attached hydrogen (secondary N) is 2. The topological polar surface area (TPSA) is 103 Å². The number of rotatable bonds is 8. The highest BCUT2D eigenvalue weighted by molar-refractivity contribution is 6.04. The Labute approximate surface area is 219 Å². The van der Waals surface area contributed by atoms with Crippen LogP contribution in [0.5, 0.6) is 5.75 Å². The van der Waals surface area contributed by atoms with Crippen LogP contribution in [0.3, 0.4) is 0 Å². The van der Waals surface area contributed by atoms with E-state index in [9.17, 15) is 9.59 Å². The van der Waals surface area contributed by atoms with Gasteiger partial charge in [-0.15, -0.1) is 0 Å². The number of aromatic nitrogens is 2. The fourth-order valence-electron chi connectivity index (χ4n) is 4.98. The van der Waals surface area contributed by atoms with Crippen molar-refractivity contribution in [3.63, 3.8) is 0 Å². The highest BCUT2D eigenvalue weighted by Gasteiger charge is 2.37. The lowest BCUT2D eigenvalue weighted by molar-refractivity contribution is -0.120. The third-order valence-electron chi connectivity index (χ3n) is 7.09. The van der Waals surface area contributed by atoms with Gasteiger partial charge in [0, 0.05) is 25.2 Å². The van der Waals surface area contributed by atoms with E-state index in [-0.39, 0.29) is 23.9 Å². The van der Waals surface area contributed by atoms with Crippen molar-refractivity contribution in [3.05, 3.63) is 30.0 Å². The number of fused-ring (bicyclic) bond motifs is 1. The van der Waals surface area contributed by atoms with Crippen LogP contribution in [-0.2, 0) is 4.79 Å². The molecule has 200 valence electrons. The minimum atomic E-state index is -0.264. The van der Waals surface area contributed by atoms with Gasteiger partial charge >= 0.3 is 0 Å². The second-order valence-electron chi connectivity index (χ2n) is 10.4. The zero-order chi connectivity index (χ0) is 26.7. The second-order valence-corrected chi connectivity index (χ2v) is 10.4. The molecule has 0 bridgehead atoms. The largest absolute Gasteiger partial charge is 0.495 e. The first-order chi connectivity index (χ1) is 17.7. The minimum Gasteiger partial charge on any atom is -0.495 e. The van der Waals surface area contributed by atoms with Crippen LogP contribution in [0, 0.1) is 5.92 Å². The Morgan fingerprint density at radius 2 is 1.95 bits per heavy atom. The molecule has 0 aliphatic carbocycles. The molecule has 1 atom stereocenters. The fourth-order valence-corrected chi connectivity index (χ4v) is 4.98. The Balaban J connectivity index is 1.56. The van der Waals surface area contributed by atoms with Crippen molar-refractivity contribution < 1.29 is 14.3 Å². The van der Waals surface area contributed by atoms with Crippen molar-refractivity contribution in [1.82, 2.24) is 20.2 Å². The maximum Gasteiger partial charge on any atom is 0.251 e. The van der Waals surface area contributed by atoms with Gasteiger partial charge in [-0.2, -0.15) is 4.98 Å². The van der Waals surface area contributed by atoms with Gasteiger partial charge in [-0.1, -0.05) is 20.8 Å². The maximum absolute atomic E-state index is 13.0. The predicted molar refractivity (Wildman–Crippen MR) is 146 cm³/mol. The van der Waals surface area contributed by atoms with E-state index >= 15 is 0 Å². The lowest BCUT2D eigenvalue weighted by Gasteiger charge is -2.41. The molecule has 2 aromatic rings. The summed E-state index contributed by atoms with van der Waals surface area (Å²) in [6.45, 7) is 8.96. The van der Waals surface area contributed by atoms with Gasteiger partial charge in [0.05, 0.1) is 19.0 Å². The summed E-state index contributed by atoms with van der Waals surface area (Å²) in [6, 6.07) is 5.23. The minimum absolute atomic E-state index is 0.0516. The van der Waals surface area contributed by atoms with Crippen LogP contribution >= 0.6 is 0 Å². The number of carbonyl (C=O) groups is 2. The number of piperidine rings is 1. The third kappa shape index (κ3) is 5.79. The molecule has 0 spiro atoms. The molecule has 37 heavy (non-hydrogen) atoms. The van der Waals surface area contributed by atoms with Crippen LogP contribution in [0.15, 0.2) is 24.4 Å². The third-order valence-corrected chi connectivity index (χ3v) is 7.09. The van der Waals surface area contributed by atoms with Crippen LogP contribution in [-0.4, -0.2) is 79.6 Å². The van der Waals surface area contributed by atoms with Crippen molar-refractivity contribution in [3.8, 4) is 5.75 Å². The molecule has 0 unspecified atom stereocenters. The Morgan fingerprint density at radius 3 is 2.59 bits per heavy atom. The highest BCUT2D eigenvalue weighted by atomic mass is 16.5. The van der Waals surface area contributed by atoms with E-state index in [1.54, 1.807) is 37.4 Å². The highest BCUT2D eigenvalue weighted by Crippen LogP contribution is 2.36. The van der Waals surface area contributed by atoms with Gasteiger partial charge in [0.1, 0.15) is 17.5 Å². The maximum atomic E-state index is 13.0. The first kappa shape index (κ1) is 26.7. The number of ether oxygens (including phenoxy) is 1. The number of nitrogens with zero attached hydrogens (tertiary/aromatic N) is 5. The molecule has 1 aromatic carbocycles. The molecule has 10 heteroatoms. The van der Waals surface area contributed by atoms with E-state index in [4.69, 9.17) is 9.72 Å². The van der Waals surface area contributed by atoms with E-state index in [1.165, 1.54) is 0 Å². The zero-order valence-electron chi connectivity index (χ0n) is 22.7. The number of likely N-dealkylation sites (tertiary alicyclic amines) is 1. The summed E-state index contributed by atoms with van der Waals surface area (Å²) in [5.41, 5.74) is 1.89. The zero-order valence-corrected chi connectivity index (χ0v) is 22.7. The Bertz CT molecular complexity index is 1130. The van der Waals surface area contributed by atoms with Gasteiger partial charge in [-0.25, -0.2) is 4.98 Å². The van der Waals surface area contributed by atoms with E-state index in [0.29, 0.717) is 47.5 Å². The van der Waals surface area contributed by atoms with E-state index < -0.39 is 0 Å². The lowest BCUT2D eigenvalue weighted by atomic mass is 10.0. The van der Waals surface area contributed by atoms with Gasteiger partial charge in [0.25, 0.3) is 5.91 Å². The summed E-state index contributed by atoms with van der Waals surface area (Å²) in [4.78, 5) is 41.1. The molecular formula is C27H39N7O3. The molecule has 2 aliphatic rings. The molecule has 2 aliphatic heterocycles. The molecule has 2 N–H and O–H groups in total. The smallest absolute Gasteiger partial charge is 0.251 e. The van der Waals surface area contributed by atoms with Gasteiger partial charge in [-0.3, -0.25) is 9.59 Å². The average Bonchev–Trinajstić information content (AvgIpc) is 2.88. The van der Waals surface area contributed by atoms with E-state index in [0.717, 1.165) is 31.7 Å². The lowest BCUT2D eigenvalue weighted by Crippen LogP contribution is -2.53. The number of likely N-dealkylation sites (N-methyl/N-ethyl adjacent to an activating group) is 1. The second kappa shape index (κ2) is 11.3. The Morgan fingerprint density at radius 1 is 1.22 bits per heavy atom. The van der Waals surface area contributed by atoms with Gasteiger partial charge in [0.2, 0.25) is 11.9 Å². The SMILES string of the molecule is CC[C@@H]1C(=O)N(C)c2cnc(Nc3ccc(C(=O)NC4CCN(C)CC4)cc3OC)nc2N1CC(C)C. The summed E-state index contributed by atoms with van der Waals surface area (Å²) in [6.07, 6.45) is 4.26. The molecule has 4 rings (SSSR count). The van der Waals surface area contributed by atoms with E-state index in [1.807, 2.05) is 13.0 Å². The molecule has 1 aromatic heterocycles. The van der Waals surface area contributed by atoms with Crippen molar-refractivity contribution in [2.75, 3.05) is 56.0 Å². The number of anilines is 4. The van der Waals surface area contributed by atoms with Crippen LogP contribution in [0.2, 0.25) is 0 Å².